The Morgan fingerprint density at radius 1 is 0.923 bits per heavy atom. The number of pyridine rings is 2. The second kappa shape index (κ2) is 11.2. The summed E-state index contributed by atoms with van der Waals surface area (Å²) in [5.41, 5.74) is 4.54. The fraction of sp³-hybridized carbons (Fsp3) is 0.167. The summed E-state index contributed by atoms with van der Waals surface area (Å²) < 4.78 is 18.7. The number of benzene rings is 2. The van der Waals surface area contributed by atoms with Crippen molar-refractivity contribution in [3.8, 4) is 22.8 Å². The van der Waals surface area contributed by atoms with Gasteiger partial charge in [0.25, 0.3) is 5.91 Å². The van der Waals surface area contributed by atoms with Gasteiger partial charge in [-0.1, -0.05) is 12.1 Å². The minimum Gasteiger partial charge on any atom is -0.439 e. The Labute approximate surface area is 225 Å². The molecule has 0 atom stereocenters. The first-order valence-corrected chi connectivity index (χ1v) is 12.4. The van der Waals surface area contributed by atoms with Crippen molar-refractivity contribution in [1.82, 2.24) is 9.97 Å². The fourth-order valence-corrected chi connectivity index (χ4v) is 3.99. The first-order valence-electron chi connectivity index (χ1n) is 12.4. The number of nitrogens with one attached hydrogen (secondary N) is 2. The van der Waals surface area contributed by atoms with Gasteiger partial charge in [0.1, 0.15) is 17.3 Å². The molecular formula is C30H26FN5O3. The average molecular weight is 524 g/mol. The Hall–Kier alpha value is -4.92. The summed E-state index contributed by atoms with van der Waals surface area (Å²) in [7, 11) is 1.56. The molecule has 2 amide bonds. The molecule has 0 unspecified atom stereocenters. The second-order valence-electron chi connectivity index (χ2n) is 9.22. The smallest absolute Gasteiger partial charge is 0.274 e. The van der Waals surface area contributed by atoms with Gasteiger partial charge in [-0.3, -0.25) is 19.6 Å². The third-order valence-electron chi connectivity index (χ3n) is 6.25. The quantitative estimate of drug-likeness (QED) is 0.285. The number of anilines is 2. The number of aromatic nitrogens is 2. The first-order chi connectivity index (χ1) is 18.9. The van der Waals surface area contributed by atoms with Crippen LogP contribution < -0.4 is 15.4 Å². The molecule has 2 N–H and O–H groups in total. The van der Waals surface area contributed by atoms with Gasteiger partial charge in [-0.2, -0.15) is 0 Å². The Bertz CT molecular complexity index is 1550. The van der Waals surface area contributed by atoms with E-state index in [-0.39, 0.29) is 23.4 Å². The molecule has 2 aromatic carbocycles. The molecular weight excluding hydrogens is 497 g/mol. The van der Waals surface area contributed by atoms with E-state index in [1.54, 1.807) is 31.6 Å². The van der Waals surface area contributed by atoms with E-state index in [1.165, 1.54) is 30.5 Å². The highest BCUT2D eigenvalue weighted by Gasteiger charge is 2.29. The van der Waals surface area contributed by atoms with Crippen molar-refractivity contribution in [3.63, 3.8) is 0 Å². The maximum atomic E-state index is 13.2. The molecule has 5 rings (SSSR count). The molecule has 9 heteroatoms. The molecule has 39 heavy (non-hydrogen) atoms. The summed E-state index contributed by atoms with van der Waals surface area (Å²) in [6, 6.07) is 16.5. The zero-order valence-electron chi connectivity index (χ0n) is 21.4. The lowest BCUT2D eigenvalue weighted by Gasteiger charge is -2.13. The number of rotatable bonds is 8. The first kappa shape index (κ1) is 25.7. The molecule has 0 radical (unpaired) electrons. The van der Waals surface area contributed by atoms with Gasteiger partial charge < -0.3 is 15.4 Å². The van der Waals surface area contributed by atoms with Crippen LogP contribution in [-0.2, 0) is 9.59 Å². The second-order valence-corrected chi connectivity index (χ2v) is 9.22. The van der Waals surface area contributed by atoms with Crippen LogP contribution >= 0.6 is 0 Å². The van der Waals surface area contributed by atoms with Crippen LogP contribution in [0.2, 0.25) is 0 Å². The van der Waals surface area contributed by atoms with E-state index in [1.807, 2.05) is 31.2 Å². The van der Waals surface area contributed by atoms with Crippen molar-refractivity contribution in [3.05, 3.63) is 96.2 Å². The standard InChI is InChI=1S/C30H26FN5O3/c1-18-3-4-20(21-13-24(16-33-15-21)36-29(37)19-5-6-19)14-26(18)28(32-2)30(38)35-23-9-12-27(34-17-23)39-25-10-7-22(31)8-11-25/h3-4,7-17,19H,5-6H2,1-2H3,(H,35,38)(H,36,37)/b32-28+. The van der Waals surface area contributed by atoms with E-state index < -0.39 is 5.91 Å². The summed E-state index contributed by atoms with van der Waals surface area (Å²) in [5, 5.41) is 5.75. The number of aryl methyl sites for hydroxylation is 1. The van der Waals surface area contributed by atoms with Crippen molar-refractivity contribution >= 4 is 28.9 Å². The third kappa shape index (κ3) is 6.32. The Morgan fingerprint density at radius 2 is 1.72 bits per heavy atom. The Morgan fingerprint density at radius 3 is 2.41 bits per heavy atom. The van der Waals surface area contributed by atoms with E-state index in [4.69, 9.17) is 4.74 Å². The lowest BCUT2D eigenvalue weighted by molar-refractivity contribution is -0.117. The van der Waals surface area contributed by atoms with Crippen LogP contribution in [0, 0.1) is 18.7 Å². The summed E-state index contributed by atoms with van der Waals surface area (Å²) in [6.45, 7) is 1.91. The molecule has 4 aromatic rings. The van der Waals surface area contributed by atoms with Crippen molar-refractivity contribution in [1.29, 1.82) is 0 Å². The van der Waals surface area contributed by atoms with Gasteiger partial charge in [0, 0.05) is 36.4 Å². The van der Waals surface area contributed by atoms with Crippen molar-refractivity contribution in [2.75, 3.05) is 17.7 Å². The predicted octanol–water partition coefficient (Wildman–Crippen LogP) is 5.79. The van der Waals surface area contributed by atoms with Gasteiger partial charge in [0.15, 0.2) is 0 Å². The van der Waals surface area contributed by atoms with Gasteiger partial charge >= 0.3 is 0 Å². The van der Waals surface area contributed by atoms with Crippen LogP contribution in [0.3, 0.4) is 0 Å². The summed E-state index contributed by atoms with van der Waals surface area (Å²) in [4.78, 5) is 38.1. The highest BCUT2D eigenvalue weighted by molar-refractivity contribution is 6.49. The number of amides is 2. The van der Waals surface area contributed by atoms with E-state index >= 15 is 0 Å². The molecule has 0 aliphatic heterocycles. The van der Waals surface area contributed by atoms with Crippen molar-refractivity contribution < 1.29 is 18.7 Å². The highest BCUT2D eigenvalue weighted by Crippen LogP contribution is 2.31. The number of halogens is 1. The molecule has 0 bridgehead atoms. The van der Waals surface area contributed by atoms with Gasteiger partial charge in [-0.05, 0) is 73.4 Å². The van der Waals surface area contributed by atoms with Gasteiger partial charge in [-0.25, -0.2) is 9.37 Å². The Kier molecular flexibility index (Phi) is 7.40. The minimum absolute atomic E-state index is 0.0140. The van der Waals surface area contributed by atoms with E-state index in [0.29, 0.717) is 28.6 Å². The summed E-state index contributed by atoms with van der Waals surface area (Å²) in [6.07, 6.45) is 6.65. The number of carbonyl (C=O) groups excluding carboxylic acids is 2. The van der Waals surface area contributed by atoms with Crippen LogP contribution in [0.5, 0.6) is 11.6 Å². The minimum atomic E-state index is -0.393. The molecule has 0 spiro atoms. The normalized spacial score (nSPS) is 13.1. The predicted molar refractivity (Wildman–Crippen MR) is 148 cm³/mol. The fourth-order valence-electron chi connectivity index (χ4n) is 3.99. The molecule has 2 aromatic heterocycles. The van der Waals surface area contributed by atoms with E-state index in [9.17, 15) is 14.0 Å². The van der Waals surface area contributed by atoms with Crippen molar-refractivity contribution in [2.24, 2.45) is 10.9 Å². The van der Waals surface area contributed by atoms with Crippen LogP contribution in [-0.4, -0.2) is 34.5 Å². The highest BCUT2D eigenvalue weighted by atomic mass is 19.1. The average Bonchev–Trinajstić information content (AvgIpc) is 3.79. The van der Waals surface area contributed by atoms with Crippen LogP contribution in [0.1, 0.15) is 24.0 Å². The lowest BCUT2D eigenvalue weighted by atomic mass is 9.97. The number of carbonyl (C=O) groups is 2. The molecule has 2 heterocycles. The number of ether oxygens (including phenoxy) is 1. The monoisotopic (exact) mass is 523 g/mol. The zero-order valence-corrected chi connectivity index (χ0v) is 21.4. The maximum absolute atomic E-state index is 13.2. The lowest BCUT2D eigenvalue weighted by Crippen LogP contribution is -2.24. The van der Waals surface area contributed by atoms with E-state index in [0.717, 1.165) is 29.5 Å². The maximum Gasteiger partial charge on any atom is 0.274 e. The zero-order chi connectivity index (χ0) is 27.4. The topological polar surface area (TPSA) is 106 Å². The SMILES string of the molecule is C/N=C(/C(=O)Nc1ccc(Oc2ccc(F)cc2)nc1)c1cc(-c2cncc(NC(=O)C3CC3)c2)ccc1C. The van der Waals surface area contributed by atoms with Crippen LogP contribution in [0.25, 0.3) is 11.1 Å². The van der Waals surface area contributed by atoms with E-state index in [2.05, 4.69) is 25.6 Å². The number of nitrogens with zero attached hydrogens (tertiary/aromatic N) is 3. The summed E-state index contributed by atoms with van der Waals surface area (Å²) >= 11 is 0. The Balaban J connectivity index is 1.30. The largest absolute Gasteiger partial charge is 0.439 e. The van der Waals surface area contributed by atoms with Crippen molar-refractivity contribution in [2.45, 2.75) is 19.8 Å². The van der Waals surface area contributed by atoms with Crippen LogP contribution in [0.4, 0.5) is 15.8 Å². The summed E-state index contributed by atoms with van der Waals surface area (Å²) in [5.74, 6) is 0.106. The molecule has 1 aliphatic rings. The molecule has 0 saturated heterocycles. The van der Waals surface area contributed by atoms with Gasteiger partial charge in [0.2, 0.25) is 11.8 Å². The van der Waals surface area contributed by atoms with Gasteiger partial charge in [0.05, 0.1) is 23.8 Å². The van der Waals surface area contributed by atoms with Crippen LogP contribution in [0.15, 0.2) is 84.2 Å². The number of hydrogen-bond donors (Lipinski definition) is 2. The number of aliphatic imine (C=N–C) groups is 1. The third-order valence-corrected chi connectivity index (χ3v) is 6.25. The number of hydrogen-bond acceptors (Lipinski definition) is 6. The molecule has 196 valence electrons. The van der Waals surface area contributed by atoms with Gasteiger partial charge in [-0.15, -0.1) is 0 Å². The molecule has 1 aliphatic carbocycles. The molecule has 8 nitrogen and oxygen atoms in total. The molecule has 1 saturated carbocycles. The molecule has 1 fully saturated rings.